The van der Waals surface area contributed by atoms with Crippen LogP contribution in [0.4, 0.5) is 5.69 Å². The van der Waals surface area contributed by atoms with Gasteiger partial charge >= 0.3 is 0 Å². The molecule has 2 amide bonds. The van der Waals surface area contributed by atoms with E-state index in [4.69, 9.17) is 21.7 Å². The number of anilines is 1. The van der Waals surface area contributed by atoms with Crippen molar-refractivity contribution in [1.82, 2.24) is 4.90 Å². The lowest BCUT2D eigenvalue weighted by molar-refractivity contribution is -0.137. The number of carbonyl (C=O) groups is 2. The van der Waals surface area contributed by atoms with Crippen LogP contribution in [0.3, 0.4) is 0 Å². The summed E-state index contributed by atoms with van der Waals surface area (Å²) in [5.41, 5.74) is 3.64. The minimum atomic E-state index is -0.639. The molecule has 2 rings (SSSR count). The van der Waals surface area contributed by atoms with Crippen LogP contribution in [0, 0.1) is 13.8 Å². The van der Waals surface area contributed by atoms with Crippen molar-refractivity contribution in [2.75, 3.05) is 24.8 Å². The fourth-order valence-electron chi connectivity index (χ4n) is 3.43. The van der Waals surface area contributed by atoms with Crippen molar-refractivity contribution >= 4 is 45.9 Å². The Hall–Kier alpha value is -2.58. The summed E-state index contributed by atoms with van der Waals surface area (Å²) in [6.07, 6.45) is 0.471. The second-order valence-corrected chi connectivity index (χ2v) is 9.10. The maximum absolute atomic E-state index is 13.3. The van der Waals surface area contributed by atoms with Crippen LogP contribution < -0.4 is 10.1 Å². The normalized spacial score (nSPS) is 11.4. The monoisotopic (exact) mass is 488 g/mol. The third kappa shape index (κ3) is 7.75. The Morgan fingerprint density at radius 1 is 1.09 bits per heavy atom. The number of hydrogen-bond donors (Lipinski definition) is 1. The molecule has 0 saturated carbocycles. The van der Waals surface area contributed by atoms with Crippen molar-refractivity contribution in [1.29, 1.82) is 0 Å². The van der Waals surface area contributed by atoms with E-state index in [9.17, 15) is 9.59 Å². The Bertz CT molecular complexity index is 943. The minimum Gasteiger partial charge on any atom is -0.497 e. The third-order valence-electron chi connectivity index (χ3n) is 5.20. The van der Waals surface area contributed by atoms with Crippen LogP contribution in [0.2, 0.25) is 0 Å². The first-order valence-electron chi connectivity index (χ1n) is 10.9. The van der Waals surface area contributed by atoms with Crippen molar-refractivity contribution in [3.8, 4) is 5.75 Å². The van der Waals surface area contributed by atoms with Gasteiger partial charge in [0.15, 0.2) is 0 Å². The van der Waals surface area contributed by atoms with E-state index in [-0.39, 0.29) is 17.6 Å². The highest BCUT2D eigenvalue weighted by Gasteiger charge is 2.29. The van der Waals surface area contributed by atoms with Gasteiger partial charge in [0, 0.05) is 12.2 Å². The molecule has 0 aliphatic heterocycles. The number of carbonyl (C=O) groups excluding carboxylic acids is 2. The molecule has 0 aromatic heterocycles. The number of hydrogen-bond acceptors (Lipinski definition) is 6. The molecule has 0 spiro atoms. The number of para-hydroxylation sites is 1. The van der Waals surface area contributed by atoms with Gasteiger partial charge < -0.3 is 19.7 Å². The number of nitrogens with zero attached hydrogens (tertiary/aromatic N) is 1. The molecule has 0 radical (unpaired) electrons. The lowest BCUT2D eigenvalue weighted by atomic mass is 10.1. The largest absolute Gasteiger partial charge is 0.497 e. The lowest BCUT2D eigenvalue weighted by Gasteiger charge is -2.31. The van der Waals surface area contributed by atoms with Crippen molar-refractivity contribution in [2.45, 2.75) is 46.7 Å². The van der Waals surface area contributed by atoms with Crippen LogP contribution in [-0.2, 0) is 20.9 Å². The zero-order chi connectivity index (χ0) is 24.4. The van der Waals surface area contributed by atoms with E-state index in [1.165, 1.54) is 11.8 Å². The average Bonchev–Trinajstić information content (AvgIpc) is 2.80. The standard InChI is InChI=1S/C25H32N2O4S2/c1-6-21(24(29)26-23-17(3)9-8-10-18(23)4)27(22(28)16-33-25(32)31-7-2)15-19-11-13-20(30-5)14-12-19/h8-14,21H,6-7,15-16H2,1-5H3,(H,26,29). The minimum absolute atomic E-state index is 0.0994. The summed E-state index contributed by atoms with van der Waals surface area (Å²) in [7, 11) is 1.61. The first-order chi connectivity index (χ1) is 15.8. The molecule has 0 aliphatic carbocycles. The summed E-state index contributed by atoms with van der Waals surface area (Å²) in [6, 6.07) is 12.7. The van der Waals surface area contributed by atoms with E-state index in [0.29, 0.717) is 24.0 Å². The van der Waals surface area contributed by atoms with Crippen LogP contribution in [0.15, 0.2) is 42.5 Å². The van der Waals surface area contributed by atoms with Crippen molar-refractivity contribution in [2.24, 2.45) is 0 Å². The Balaban J connectivity index is 2.28. The van der Waals surface area contributed by atoms with E-state index < -0.39 is 6.04 Å². The summed E-state index contributed by atoms with van der Waals surface area (Å²) in [5.74, 6) is 0.437. The predicted molar refractivity (Wildman–Crippen MR) is 139 cm³/mol. The Morgan fingerprint density at radius 2 is 1.73 bits per heavy atom. The molecule has 6 nitrogen and oxygen atoms in total. The van der Waals surface area contributed by atoms with Gasteiger partial charge in [-0.3, -0.25) is 9.59 Å². The van der Waals surface area contributed by atoms with Crippen LogP contribution >= 0.6 is 24.0 Å². The first-order valence-corrected chi connectivity index (χ1v) is 12.3. The van der Waals surface area contributed by atoms with Gasteiger partial charge in [0.1, 0.15) is 11.8 Å². The third-order valence-corrected chi connectivity index (χ3v) is 6.42. The summed E-state index contributed by atoms with van der Waals surface area (Å²) in [4.78, 5) is 28.2. The second-order valence-electron chi connectivity index (χ2n) is 7.52. The lowest BCUT2D eigenvalue weighted by Crippen LogP contribution is -2.47. The van der Waals surface area contributed by atoms with Crippen LogP contribution in [0.1, 0.15) is 37.0 Å². The highest BCUT2D eigenvalue weighted by Crippen LogP contribution is 2.22. The molecule has 33 heavy (non-hydrogen) atoms. The quantitative estimate of drug-likeness (QED) is 0.469. The smallest absolute Gasteiger partial charge is 0.247 e. The number of thioether (sulfide) groups is 1. The highest BCUT2D eigenvalue weighted by molar-refractivity contribution is 8.23. The molecule has 2 aromatic rings. The molecule has 178 valence electrons. The Kier molecular flexibility index (Phi) is 10.7. The molecular weight excluding hydrogens is 456 g/mol. The van der Waals surface area contributed by atoms with E-state index >= 15 is 0 Å². The predicted octanol–water partition coefficient (Wildman–Crippen LogP) is 5.11. The van der Waals surface area contributed by atoms with Crippen molar-refractivity contribution < 1.29 is 19.1 Å². The number of thiocarbonyl (C=S) groups is 1. The number of nitrogens with one attached hydrogen (secondary N) is 1. The average molecular weight is 489 g/mol. The molecule has 0 heterocycles. The van der Waals surface area contributed by atoms with Gasteiger partial charge in [0.2, 0.25) is 16.2 Å². The molecule has 0 saturated heterocycles. The summed E-state index contributed by atoms with van der Waals surface area (Å²) >= 11 is 6.32. The Labute approximate surface area is 206 Å². The molecule has 1 unspecified atom stereocenters. The van der Waals surface area contributed by atoms with E-state index in [2.05, 4.69) is 5.32 Å². The SMILES string of the molecule is CCOC(=S)SCC(=O)N(Cc1ccc(OC)cc1)C(CC)C(=O)Nc1c(C)cccc1C. The fourth-order valence-corrected chi connectivity index (χ4v) is 4.33. The first kappa shape index (κ1) is 26.7. The molecule has 2 aromatic carbocycles. The number of benzene rings is 2. The van der Waals surface area contributed by atoms with Gasteiger partial charge in [-0.15, -0.1) is 0 Å². The molecule has 0 fully saturated rings. The topological polar surface area (TPSA) is 67.9 Å². The number of ether oxygens (including phenoxy) is 2. The molecule has 0 bridgehead atoms. The molecular formula is C25H32N2O4S2. The van der Waals surface area contributed by atoms with E-state index in [1.807, 2.05) is 70.2 Å². The van der Waals surface area contributed by atoms with Crippen LogP contribution in [-0.4, -0.2) is 46.6 Å². The molecule has 1 atom stereocenters. The molecule has 1 N–H and O–H groups in total. The van der Waals surface area contributed by atoms with Crippen LogP contribution in [0.25, 0.3) is 0 Å². The fraction of sp³-hybridized carbons (Fsp3) is 0.400. The number of methoxy groups -OCH3 is 1. The van der Waals surface area contributed by atoms with Gasteiger partial charge in [0.05, 0.1) is 19.5 Å². The maximum atomic E-state index is 13.3. The molecule has 0 aliphatic rings. The second kappa shape index (κ2) is 13.2. The van der Waals surface area contributed by atoms with Gasteiger partial charge in [-0.25, -0.2) is 0 Å². The zero-order valence-corrected chi connectivity index (χ0v) is 21.5. The maximum Gasteiger partial charge on any atom is 0.247 e. The van der Waals surface area contributed by atoms with Gasteiger partial charge in [-0.05, 0) is 68.2 Å². The van der Waals surface area contributed by atoms with E-state index in [1.54, 1.807) is 12.0 Å². The Morgan fingerprint density at radius 3 is 2.27 bits per heavy atom. The number of aryl methyl sites for hydroxylation is 2. The van der Waals surface area contributed by atoms with E-state index in [0.717, 1.165) is 28.1 Å². The summed E-state index contributed by atoms with van der Waals surface area (Å²) < 4.78 is 10.8. The van der Waals surface area contributed by atoms with Gasteiger partial charge in [-0.2, -0.15) is 0 Å². The number of rotatable bonds is 10. The summed E-state index contributed by atoms with van der Waals surface area (Å²) in [5, 5.41) is 3.04. The highest BCUT2D eigenvalue weighted by atomic mass is 32.2. The number of amides is 2. The van der Waals surface area contributed by atoms with Crippen molar-refractivity contribution in [3.05, 3.63) is 59.2 Å². The molecule has 8 heteroatoms. The van der Waals surface area contributed by atoms with Crippen molar-refractivity contribution in [3.63, 3.8) is 0 Å². The van der Waals surface area contributed by atoms with Gasteiger partial charge in [-0.1, -0.05) is 49.0 Å². The van der Waals surface area contributed by atoms with Crippen LogP contribution in [0.5, 0.6) is 5.75 Å². The summed E-state index contributed by atoms with van der Waals surface area (Å²) in [6.45, 7) is 8.40. The zero-order valence-electron chi connectivity index (χ0n) is 19.8. The van der Waals surface area contributed by atoms with Gasteiger partial charge in [0.25, 0.3) is 0 Å².